The molecule has 29 heavy (non-hydrogen) atoms. The van der Waals surface area contributed by atoms with Crippen molar-refractivity contribution in [1.29, 1.82) is 0 Å². The van der Waals surface area contributed by atoms with Gasteiger partial charge in [0.1, 0.15) is 5.75 Å². The molecule has 3 aromatic rings. The number of amides is 2. The molecule has 0 saturated carbocycles. The lowest BCUT2D eigenvalue weighted by Gasteiger charge is -2.33. The van der Waals surface area contributed by atoms with Crippen LogP contribution in [-0.2, 0) is 11.3 Å². The van der Waals surface area contributed by atoms with Crippen LogP contribution in [0.4, 0.5) is 11.4 Å². The lowest BCUT2D eigenvalue weighted by molar-refractivity contribution is -0.125. The third kappa shape index (κ3) is 4.07. The molecule has 0 spiro atoms. The Kier molecular flexibility index (Phi) is 5.18. The highest BCUT2D eigenvalue weighted by atomic mass is 35.5. The molecule has 2 aromatic carbocycles. The van der Waals surface area contributed by atoms with E-state index in [1.165, 1.54) is 0 Å². The minimum absolute atomic E-state index is 0.148. The molecule has 6 nitrogen and oxygen atoms in total. The summed E-state index contributed by atoms with van der Waals surface area (Å²) in [4.78, 5) is 30.8. The molecule has 0 radical (unpaired) electrons. The lowest BCUT2D eigenvalue weighted by atomic mass is 10.1. The maximum absolute atomic E-state index is 12.8. The fraction of sp³-hybridized carbons (Fsp3) is 0.136. The third-order valence-electron chi connectivity index (χ3n) is 4.62. The molecule has 0 saturated heterocycles. The van der Waals surface area contributed by atoms with Gasteiger partial charge in [-0.25, -0.2) is 0 Å². The monoisotopic (exact) mass is 407 g/mol. The predicted molar refractivity (Wildman–Crippen MR) is 111 cm³/mol. The second-order valence-corrected chi connectivity index (χ2v) is 7.12. The first-order valence-electron chi connectivity index (χ1n) is 9.09. The van der Waals surface area contributed by atoms with Crippen LogP contribution in [0.25, 0.3) is 0 Å². The molecule has 0 aliphatic carbocycles. The van der Waals surface area contributed by atoms with E-state index in [2.05, 4.69) is 10.3 Å². The van der Waals surface area contributed by atoms with E-state index in [0.717, 1.165) is 5.56 Å². The Labute approximate surface area is 173 Å². The van der Waals surface area contributed by atoms with Crippen molar-refractivity contribution in [2.24, 2.45) is 0 Å². The van der Waals surface area contributed by atoms with Gasteiger partial charge < -0.3 is 15.0 Å². The number of nitrogens with one attached hydrogen (secondary N) is 1. The molecule has 7 heteroatoms. The Morgan fingerprint density at radius 2 is 1.86 bits per heavy atom. The Morgan fingerprint density at radius 1 is 1.14 bits per heavy atom. The van der Waals surface area contributed by atoms with Crippen LogP contribution >= 0.6 is 11.6 Å². The Hall–Kier alpha value is -3.38. The summed E-state index contributed by atoms with van der Waals surface area (Å²) in [5, 5.41) is 3.48. The number of pyridine rings is 1. The second-order valence-electron chi connectivity index (χ2n) is 6.68. The van der Waals surface area contributed by atoms with Crippen LogP contribution < -0.4 is 15.0 Å². The average Bonchev–Trinajstić information content (AvgIpc) is 2.74. The molecule has 2 heterocycles. The van der Waals surface area contributed by atoms with Gasteiger partial charge >= 0.3 is 0 Å². The maximum Gasteiger partial charge on any atom is 0.268 e. The fourth-order valence-corrected chi connectivity index (χ4v) is 3.25. The Bertz CT molecular complexity index is 1050. The molecule has 146 valence electrons. The van der Waals surface area contributed by atoms with Gasteiger partial charge in [0.15, 0.2) is 6.10 Å². The van der Waals surface area contributed by atoms with E-state index in [1.807, 2.05) is 12.1 Å². The van der Waals surface area contributed by atoms with Crippen molar-refractivity contribution in [2.75, 3.05) is 10.2 Å². The average molecular weight is 408 g/mol. The minimum Gasteiger partial charge on any atom is -0.479 e. The second kappa shape index (κ2) is 7.93. The number of nitrogens with zero attached hydrogens (tertiary/aromatic N) is 2. The Balaban J connectivity index is 1.63. The van der Waals surface area contributed by atoms with E-state index in [9.17, 15) is 9.59 Å². The van der Waals surface area contributed by atoms with Gasteiger partial charge in [0.2, 0.25) is 0 Å². The molecule has 4 rings (SSSR count). The van der Waals surface area contributed by atoms with Gasteiger partial charge in [-0.15, -0.1) is 0 Å². The first-order valence-corrected chi connectivity index (χ1v) is 9.47. The van der Waals surface area contributed by atoms with Crippen molar-refractivity contribution >= 4 is 34.8 Å². The van der Waals surface area contributed by atoms with Gasteiger partial charge in [-0.3, -0.25) is 14.6 Å². The number of anilines is 2. The third-order valence-corrected chi connectivity index (χ3v) is 4.87. The van der Waals surface area contributed by atoms with Crippen LogP contribution in [0.2, 0.25) is 5.02 Å². The van der Waals surface area contributed by atoms with Crippen molar-refractivity contribution in [1.82, 2.24) is 4.98 Å². The summed E-state index contributed by atoms with van der Waals surface area (Å²) < 4.78 is 5.74. The lowest BCUT2D eigenvalue weighted by Crippen LogP contribution is -2.44. The topological polar surface area (TPSA) is 71.5 Å². The van der Waals surface area contributed by atoms with E-state index >= 15 is 0 Å². The normalized spacial score (nSPS) is 15.4. The summed E-state index contributed by atoms with van der Waals surface area (Å²) in [5.41, 5.74) is 2.61. The summed E-state index contributed by atoms with van der Waals surface area (Å²) in [6, 6.07) is 15.9. The molecule has 1 aliphatic heterocycles. The molecule has 2 amide bonds. The zero-order valence-electron chi connectivity index (χ0n) is 15.6. The zero-order chi connectivity index (χ0) is 20.4. The van der Waals surface area contributed by atoms with Crippen molar-refractivity contribution in [3.63, 3.8) is 0 Å². The van der Waals surface area contributed by atoms with E-state index in [0.29, 0.717) is 34.3 Å². The highest BCUT2D eigenvalue weighted by molar-refractivity contribution is 6.30. The molecule has 1 aliphatic rings. The molecule has 1 unspecified atom stereocenters. The summed E-state index contributed by atoms with van der Waals surface area (Å²) in [6.07, 6.45) is 2.53. The maximum atomic E-state index is 12.8. The van der Waals surface area contributed by atoms with E-state index in [1.54, 1.807) is 66.7 Å². The SMILES string of the molecule is CC1Oc2ccc(NC(=O)c3ccncc3)cc2N(Cc2ccc(Cl)cc2)C1=O. The van der Waals surface area contributed by atoms with Crippen LogP contribution in [0.3, 0.4) is 0 Å². The molecular weight excluding hydrogens is 390 g/mol. The van der Waals surface area contributed by atoms with Crippen molar-refractivity contribution in [3.8, 4) is 5.75 Å². The molecule has 0 bridgehead atoms. The first kappa shape index (κ1) is 19.0. The summed E-state index contributed by atoms with van der Waals surface area (Å²) in [7, 11) is 0. The van der Waals surface area contributed by atoms with Crippen LogP contribution in [0.5, 0.6) is 5.75 Å². The van der Waals surface area contributed by atoms with Gasteiger partial charge in [0.05, 0.1) is 12.2 Å². The van der Waals surface area contributed by atoms with Crippen molar-refractivity contribution < 1.29 is 14.3 Å². The number of aromatic nitrogens is 1. The predicted octanol–water partition coefficient (Wildman–Crippen LogP) is 4.30. The first-order chi connectivity index (χ1) is 14.0. The highest BCUT2D eigenvalue weighted by Crippen LogP contribution is 2.37. The number of carbonyl (C=O) groups is 2. The van der Waals surface area contributed by atoms with Crippen LogP contribution in [0, 0.1) is 0 Å². The van der Waals surface area contributed by atoms with Gasteiger partial charge in [-0.1, -0.05) is 23.7 Å². The number of hydrogen-bond acceptors (Lipinski definition) is 4. The molecule has 0 fully saturated rings. The van der Waals surface area contributed by atoms with Crippen LogP contribution in [0.15, 0.2) is 67.0 Å². The largest absolute Gasteiger partial charge is 0.479 e. The quantitative estimate of drug-likeness (QED) is 0.699. The van der Waals surface area contributed by atoms with Crippen molar-refractivity contribution in [3.05, 3.63) is 83.1 Å². The molecular formula is C22H18ClN3O3. The van der Waals surface area contributed by atoms with Gasteiger partial charge in [-0.05, 0) is 55.0 Å². The molecule has 1 N–H and O–H groups in total. The zero-order valence-corrected chi connectivity index (χ0v) is 16.4. The van der Waals surface area contributed by atoms with Gasteiger partial charge in [0, 0.05) is 28.7 Å². The summed E-state index contributed by atoms with van der Waals surface area (Å²) in [5.74, 6) is 0.186. The Morgan fingerprint density at radius 3 is 2.59 bits per heavy atom. The van der Waals surface area contributed by atoms with Crippen LogP contribution in [0.1, 0.15) is 22.8 Å². The number of ether oxygens (including phenoxy) is 1. The van der Waals surface area contributed by atoms with Gasteiger partial charge in [0.25, 0.3) is 11.8 Å². The molecule has 1 aromatic heterocycles. The number of carbonyl (C=O) groups excluding carboxylic acids is 2. The number of rotatable bonds is 4. The minimum atomic E-state index is -0.591. The standard InChI is InChI=1S/C22H18ClN3O3/c1-14-22(28)26(13-15-2-4-17(23)5-3-15)19-12-18(6-7-20(19)29-14)25-21(27)16-8-10-24-11-9-16/h2-12,14H,13H2,1H3,(H,25,27). The number of benzene rings is 2. The number of fused-ring (bicyclic) bond motifs is 1. The van der Waals surface area contributed by atoms with Crippen LogP contribution in [-0.4, -0.2) is 22.9 Å². The summed E-state index contributed by atoms with van der Waals surface area (Å²) >= 11 is 5.96. The number of halogens is 1. The smallest absolute Gasteiger partial charge is 0.268 e. The van der Waals surface area contributed by atoms with Gasteiger partial charge in [-0.2, -0.15) is 0 Å². The van der Waals surface area contributed by atoms with E-state index < -0.39 is 6.10 Å². The summed E-state index contributed by atoms with van der Waals surface area (Å²) in [6.45, 7) is 2.09. The van der Waals surface area contributed by atoms with E-state index in [4.69, 9.17) is 16.3 Å². The molecule has 1 atom stereocenters. The fourth-order valence-electron chi connectivity index (χ4n) is 3.13. The van der Waals surface area contributed by atoms with E-state index in [-0.39, 0.29) is 11.8 Å². The number of hydrogen-bond donors (Lipinski definition) is 1. The highest BCUT2D eigenvalue weighted by Gasteiger charge is 2.31. The van der Waals surface area contributed by atoms with Crippen molar-refractivity contribution in [2.45, 2.75) is 19.6 Å².